The number of hydrogen-bond donors (Lipinski definition) is 2. The van der Waals surface area contributed by atoms with Gasteiger partial charge in [0.2, 0.25) is 0 Å². The van der Waals surface area contributed by atoms with Gasteiger partial charge in [-0.2, -0.15) is 0 Å². The van der Waals surface area contributed by atoms with Gasteiger partial charge in [0.15, 0.2) is 0 Å². The van der Waals surface area contributed by atoms with E-state index in [9.17, 15) is 9.90 Å². The van der Waals surface area contributed by atoms with Crippen LogP contribution in [0.15, 0.2) is 18.2 Å². The van der Waals surface area contributed by atoms with Crippen LogP contribution in [0.4, 0.5) is 0 Å². The summed E-state index contributed by atoms with van der Waals surface area (Å²) in [6, 6.07) is 4.65. The third-order valence-corrected chi connectivity index (χ3v) is 3.39. The molecule has 0 bridgehead atoms. The molecule has 0 aliphatic carbocycles. The molecule has 20 heavy (non-hydrogen) atoms. The Kier molecular flexibility index (Phi) is 6.31. The van der Waals surface area contributed by atoms with Gasteiger partial charge in [-0.15, -0.1) is 0 Å². The molecule has 2 N–H and O–H groups in total. The molecular formula is C15H21Cl2NO2. The summed E-state index contributed by atoms with van der Waals surface area (Å²) in [4.78, 5) is 11.3. The number of halogens is 2. The highest BCUT2D eigenvalue weighted by Gasteiger charge is 2.20. The lowest BCUT2D eigenvalue weighted by Crippen LogP contribution is -2.37. The summed E-state index contributed by atoms with van der Waals surface area (Å²) in [5.41, 5.74) is 0.999. The van der Waals surface area contributed by atoms with Crippen LogP contribution in [0, 0.1) is 5.41 Å². The van der Waals surface area contributed by atoms with Gasteiger partial charge in [-0.05, 0) is 42.0 Å². The lowest BCUT2D eigenvalue weighted by Gasteiger charge is -2.21. The maximum atomic E-state index is 11.3. The second kappa shape index (κ2) is 7.30. The van der Waals surface area contributed by atoms with E-state index in [2.05, 4.69) is 26.1 Å². The molecule has 1 atom stereocenters. The van der Waals surface area contributed by atoms with E-state index in [1.165, 1.54) is 0 Å². The predicted molar refractivity (Wildman–Crippen MR) is 83.4 cm³/mol. The minimum atomic E-state index is -0.831. The van der Waals surface area contributed by atoms with Crippen molar-refractivity contribution in [3.05, 3.63) is 33.8 Å². The monoisotopic (exact) mass is 317 g/mol. The lowest BCUT2D eigenvalue weighted by atomic mass is 9.88. The Morgan fingerprint density at radius 2 is 1.80 bits per heavy atom. The van der Waals surface area contributed by atoms with Gasteiger partial charge < -0.3 is 10.4 Å². The van der Waals surface area contributed by atoms with Crippen LogP contribution < -0.4 is 5.32 Å². The molecule has 0 unspecified atom stereocenters. The average Bonchev–Trinajstić information content (AvgIpc) is 2.25. The molecule has 0 fully saturated rings. The van der Waals surface area contributed by atoms with Gasteiger partial charge >= 0.3 is 5.97 Å². The Morgan fingerprint density at radius 1 is 1.25 bits per heavy atom. The van der Waals surface area contributed by atoms with Crippen molar-refractivity contribution in [2.75, 3.05) is 0 Å². The number of carboxylic acid groups (broad SMARTS) is 1. The van der Waals surface area contributed by atoms with E-state index in [4.69, 9.17) is 23.2 Å². The summed E-state index contributed by atoms with van der Waals surface area (Å²) in [5, 5.41) is 13.4. The van der Waals surface area contributed by atoms with Crippen molar-refractivity contribution in [3.63, 3.8) is 0 Å². The van der Waals surface area contributed by atoms with E-state index in [1.807, 2.05) is 0 Å². The second-order valence-corrected chi connectivity index (χ2v) is 7.02. The molecule has 0 spiro atoms. The van der Waals surface area contributed by atoms with Crippen molar-refractivity contribution in [1.82, 2.24) is 5.32 Å². The molecule has 0 aliphatic rings. The minimum absolute atomic E-state index is 0.120. The topological polar surface area (TPSA) is 49.3 Å². The molecule has 0 heterocycles. The largest absolute Gasteiger partial charge is 0.480 e. The van der Waals surface area contributed by atoms with Crippen LogP contribution in [0.1, 0.15) is 39.2 Å². The Morgan fingerprint density at radius 3 is 2.25 bits per heavy atom. The summed E-state index contributed by atoms with van der Waals surface area (Å²) < 4.78 is 0. The normalized spacial score (nSPS) is 13.2. The number of nitrogens with one attached hydrogen (secondary N) is 1. The summed E-state index contributed by atoms with van der Waals surface area (Å²) in [7, 11) is 0. The third-order valence-electron chi connectivity index (χ3n) is 2.96. The van der Waals surface area contributed by atoms with Gasteiger partial charge in [-0.1, -0.05) is 44.0 Å². The lowest BCUT2D eigenvalue weighted by molar-refractivity contribution is -0.139. The highest BCUT2D eigenvalue weighted by molar-refractivity contribution is 6.34. The zero-order chi connectivity index (χ0) is 15.3. The maximum Gasteiger partial charge on any atom is 0.320 e. The van der Waals surface area contributed by atoms with Crippen LogP contribution in [-0.2, 0) is 11.3 Å². The fourth-order valence-corrected chi connectivity index (χ4v) is 2.42. The molecule has 0 aliphatic heterocycles. The van der Waals surface area contributed by atoms with Crippen molar-refractivity contribution in [2.24, 2.45) is 5.41 Å². The van der Waals surface area contributed by atoms with Crippen molar-refractivity contribution in [1.29, 1.82) is 0 Å². The molecule has 5 heteroatoms. The van der Waals surface area contributed by atoms with Gasteiger partial charge in [-0.25, -0.2) is 0 Å². The van der Waals surface area contributed by atoms with E-state index < -0.39 is 12.0 Å². The second-order valence-electron chi connectivity index (χ2n) is 6.15. The average molecular weight is 318 g/mol. The first-order valence-electron chi connectivity index (χ1n) is 6.58. The Balaban J connectivity index is 2.60. The molecule has 1 rings (SSSR count). The molecule has 0 aromatic heterocycles. The van der Waals surface area contributed by atoms with Gasteiger partial charge in [-0.3, -0.25) is 4.79 Å². The number of carboxylic acids is 1. The highest BCUT2D eigenvalue weighted by atomic mass is 35.5. The summed E-state index contributed by atoms with van der Waals surface area (Å²) >= 11 is 11.8. The van der Waals surface area contributed by atoms with Crippen LogP contribution in [0.5, 0.6) is 0 Å². The standard InChI is InChI=1S/C15H21Cl2NO2/c1-15(2,3)5-4-13(14(19)20)18-9-10-6-11(16)8-12(17)7-10/h6-8,13,18H,4-5,9H2,1-3H3,(H,19,20)/t13-/m0/s1. The molecule has 112 valence electrons. The van der Waals surface area contributed by atoms with Crippen molar-refractivity contribution < 1.29 is 9.90 Å². The Bertz CT molecular complexity index is 449. The molecule has 0 amide bonds. The zero-order valence-electron chi connectivity index (χ0n) is 12.0. The fourth-order valence-electron chi connectivity index (χ4n) is 1.84. The Labute approximate surface area is 130 Å². The molecule has 0 radical (unpaired) electrons. The van der Waals surface area contributed by atoms with E-state index in [1.54, 1.807) is 18.2 Å². The summed E-state index contributed by atoms with van der Waals surface area (Å²) in [6.45, 7) is 6.73. The SMILES string of the molecule is CC(C)(C)CC[C@H](NCc1cc(Cl)cc(Cl)c1)C(=O)O. The first-order chi connectivity index (χ1) is 9.17. The van der Waals surface area contributed by atoms with E-state index >= 15 is 0 Å². The number of rotatable bonds is 6. The van der Waals surface area contributed by atoms with E-state index in [0.29, 0.717) is 23.0 Å². The van der Waals surface area contributed by atoms with Gasteiger partial charge in [0.25, 0.3) is 0 Å². The molecule has 1 aromatic rings. The smallest absolute Gasteiger partial charge is 0.320 e. The number of carbonyl (C=O) groups is 1. The van der Waals surface area contributed by atoms with Crippen molar-refractivity contribution in [3.8, 4) is 0 Å². The quantitative estimate of drug-likeness (QED) is 0.819. The third kappa shape index (κ3) is 6.60. The highest BCUT2D eigenvalue weighted by Crippen LogP contribution is 2.22. The van der Waals surface area contributed by atoms with Crippen LogP contribution in [-0.4, -0.2) is 17.1 Å². The van der Waals surface area contributed by atoms with Crippen molar-refractivity contribution in [2.45, 2.75) is 46.2 Å². The van der Waals surface area contributed by atoms with Gasteiger partial charge in [0, 0.05) is 16.6 Å². The number of benzene rings is 1. The van der Waals surface area contributed by atoms with Crippen LogP contribution in [0.2, 0.25) is 10.0 Å². The van der Waals surface area contributed by atoms with E-state index in [0.717, 1.165) is 12.0 Å². The van der Waals surface area contributed by atoms with Crippen LogP contribution in [0.25, 0.3) is 0 Å². The molecule has 3 nitrogen and oxygen atoms in total. The summed E-state index contributed by atoms with van der Waals surface area (Å²) in [6.07, 6.45) is 1.43. The molecule has 1 aromatic carbocycles. The van der Waals surface area contributed by atoms with Crippen LogP contribution >= 0.6 is 23.2 Å². The first-order valence-corrected chi connectivity index (χ1v) is 7.34. The minimum Gasteiger partial charge on any atom is -0.480 e. The van der Waals surface area contributed by atoms with Crippen LogP contribution in [0.3, 0.4) is 0 Å². The Hall–Kier alpha value is -0.770. The molecule has 0 saturated heterocycles. The molecule has 0 saturated carbocycles. The fraction of sp³-hybridized carbons (Fsp3) is 0.533. The van der Waals surface area contributed by atoms with Gasteiger partial charge in [0.05, 0.1) is 0 Å². The first kappa shape index (κ1) is 17.3. The predicted octanol–water partition coefficient (Wildman–Crippen LogP) is 4.36. The van der Waals surface area contributed by atoms with Crippen molar-refractivity contribution >= 4 is 29.2 Å². The van der Waals surface area contributed by atoms with E-state index in [-0.39, 0.29) is 5.41 Å². The maximum absolute atomic E-state index is 11.3. The number of hydrogen-bond acceptors (Lipinski definition) is 2. The number of aliphatic carboxylic acids is 1. The molecular weight excluding hydrogens is 297 g/mol. The zero-order valence-corrected chi connectivity index (χ0v) is 13.6. The summed E-state index contributed by atoms with van der Waals surface area (Å²) in [5.74, 6) is -0.831. The van der Waals surface area contributed by atoms with Gasteiger partial charge in [0.1, 0.15) is 6.04 Å².